The number of carbonyl (C=O) groups is 1. The molecule has 0 fully saturated rings. The first-order valence-corrected chi connectivity index (χ1v) is 10.2. The lowest BCUT2D eigenvalue weighted by molar-refractivity contribution is -0.143. The van der Waals surface area contributed by atoms with Crippen LogP contribution in [0.4, 0.5) is 18.3 Å². The third kappa shape index (κ3) is 4.04. The van der Waals surface area contributed by atoms with Crippen molar-refractivity contribution in [1.29, 1.82) is 0 Å². The molecule has 0 saturated carbocycles. The Bertz CT molecular complexity index is 1150. The van der Waals surface area contributed by atoms with Crippen LogP contribution in [0, 0.1) is 0 Å². The number of nitrogens with one attached hydrogen (secondary N) is 1. The molecule has 0 saturated heterocycles. The van der Waals surface area contributed by atoms with Gasteiger partial charge in [-0.25, -0.2) is 9.67 Å². The highest BCUT2D eigenvalue weighted by Gasteiger charge is 2.40. The Labute approximate surface area is 175 Å². The molecule has 29 heavy (non-hydrogen) atoms. The van der Waals surface area contributed by atoms with Gasteiger partial charge in [0, 0.05) is 10.4 Å². The van der Waals surface area contributed by atoms with Gasteiger partial charge in [0.1, 0.15) is 0 Å². The molecular weight excluding hydrogens is 445 g/mol. The van der Waals surface area contributed by atoms with Crippen LogP contribution in [0.2, 0.25) is 5.02 Å². The molecule has 0 atom stereocenters. The average Bonchev–Trinajstić information content (AvgIpc) is 3.41. The monoisotopic (exact) mass is 454 g/mol. The number of amides is 1. The molecule has 148 valence electrons. The zero-order valence-corrected chi connectivity index (χ0v) is 16.7. The molecule has 0 radical (unpaired) electrons. The lowest BCUT2D eigenvalue weighted by Crippen LogP contribution is -2.20. The molecule has 0 unspecified atom stereocenters. The van der Waals surface area contributed by atoms with E-state index in [1.54, 1.807) is 5.38 Å². The molecule has 0 spiro atoms. The first kappa shape index (κ1) is 19.6. The van der Waals surface area contributed by atoms with Crippen LogP contribution in [0.25, 0.3) is 16.3 Å². The fourth-order valence-electron chi connectivity index (χ4n) is 2.60. The maximum Gasteiger partial charge on any atom is 0.434 e. The van der Waals surface area contributed by atoms with E-state index in [4.69, 9.17) is 11.6 Å². The molecule has 11 heteroatoms. The van der Waals surface area contributed by atoms with Gasteiger partial charge in [-0.1, -0.05) is 17.7 Å². The molecule has 4 rings (SSSR count). The standard InChI is InChI=1S/C18H10ClF3N4OS2/c19-10-3-5-11(6-4-10)26-15(18(20,21)22)12(8-23-26)16(27)25-17-24-13(9-29-17)14-2-1-7-28-14/h1-9H,(H,24,25,27). The number of alkyl halides is 3. The van der Waals surface area contributed by atoms with Gasteiger partial charge in [-0.2, -0.15) is 18.3 Å². The molecule has 1 N–H and O–H groups in total. The lowest BCUT2D eigenvalue weighted by Gasteiger charge is -2.12. The second-order valence-electron chi connectivity index (χ2n) is 5.76. The normalized spacial score (nSPS) is 11.6. The van der Waals surface area contributed by atoms with E-state index in [1.807, 2.05) is 17.5 Å². The number of hydrogen-bond acceptors (Lipinski definition) is 5. The maximum atomic E-state index is 13.7. The van der Waals surface area contributed by atoms with E-state index >= 15 is 0 Å². The highest BCUT2D eigenvalue weighted by atomic mass is 35.5. The minimum Gasteiger partial charge on any atom is -0.298 e. The van der Waals surface area contributed by atoms with Gasteiger partial charge >= 0.3 is 6.18 Å². The third-order valence-electron chi connectivity index (χ3n) is 3.85. The van der Waals surface area contributed by atoms with Gasteiger partial charge in [-0.15, -0.1) is 22.7 Å². The van der Waals surface area contributed by atoms with E-state index in [0.29, 0.717) is 15.4 Å². The van der Waals surface area contributed by atoms with Gasteiger partial charge in [0.05, 0.1) is 28.0 Å². The summed E-state index contributed by atoms with van der Waals surface area (Å²) in [5, 5.41) is 10.4. The molecule has 0 aliphatic rings. The van der Waals surface area contributed by atoms with Gasteiger partial charge in [-0.3, -0.25) is 10.1 Å². The SMILES string of the molecule is O=C(Nc1nc(-c2cccs2)cs1)c1cnn(-c2ccc(Cl)cc2)c1C(F)(F)F. The Hall–Kier alpha value is -2.69. The van der Waals surface area contributed by atoms with E-state index < -0.39 is 23.3 Å². The van der Waals surface area contributed by atoms with Crippen LogP contribution < -0.4 is 5.32 Å². The number of benzene rings is 1. The number of aromatic nitrogens is 3. The van der Waals surface area contributed by atoms with Crippen LogP contribution in [-0.2, 0) is 6.18 Å². The van der Waals surface area contributed by atoms with E-state index in [-0.39, 0.29) is 10.8 Å². The number of thiophene rings is 1. The van der Waals surface area contributed by atoms with Crippen molar-refractivity contribution in [2.45, 2.75) is 6.18 Å². The minimum absolute atomic E-state index is 0.134. The summed E-state index contributed by atoms with van der Waals surface area (Å²) in [5.41, 5.74) is -0.990. The van der Waals surface area contributed by atoms with Crippen LogP contribution in [0.1, 0.15) is 16.1 Å². The largest absolute Gasteiger partial charge is 0.434 e. The van der Waals surface area contributed by atoms with Crippen LogP contribution >= 0.6 is 34.3 Å². The van der Waals surface area contributed by atoms with E-state index in [2.05, 4.69) is 15.4 Å². The molecule has 4 aromatic rings. The van der Waals surface area contributed by atoms with E-state index in [0.717, 1.165) is 22.4 Å². The topological polar surface area (TPSA) is 59.8 Å². The molecule has 1 aromatic carbocycles. The Morgan fingerprint density at radius 3 is 2.55 bits per heavy atom. The number of hydrogen-bond donors (Lipinski definition) is 1. The summed E-state index contributed by atoms with van der Waals surface area (Å²) in [4.78, 5) is 17.7. The Morgan fingerprint density at radius 1 is 1.14 bits per heavy atom. The van der Waals surface area contributed by atoms with Crippen LogP contribution in [-0.4, -0.2) is 20.7 Å². The van der Waals surface area contributed by atoms with Crippen molar-refractivity contribution in [3.63, 3.8) is 0 Å². The summed E-state index contributed by atoms with van der Waals surface area (Å²) in [6.07, 6.45) is -3.91. The number of anilines is 1. The highest BCUT2D eigenvalue weighted by molar-refractivity contribution is 7.16. The molecule has 3 aromatic heterocycles. The van der Waals surface area contributed by atoms with Gasteiger partial charge in [0.2, 0.25) is 0 Å². The van der Waals surface area contributed by atoms with Crippen molar-refractivity contribution < 1.29 is 18.0 Å². The zero-order valence-electron chi connectivity index (χ0n) is 14.3. The van der Waals surface area contributed by atoms with Crippen molar-refractivity contribution in [1.82, 2.24) is 14.8 Å². The van der Waals surface area contributed by atoms with E-state index in [9.17, 15) is 18.0 Å². The summed E-state index contributed by atoms with van der Waals surface area (Å²) >= 11 is 8.39. The number of rotatable bonds is 4. The van der Waals surface area contributed by atoms with Crippen molar-refractivity contribution in [3.8, 4) is 16.3 Å². The number of nitrogens with zero attached hydrogens (tertiary/aromatic N) is 3. The molecule has 0 aliphatic heterocycles. The predicted molar refractivity (Wildman–Crippen MR) is 107 cm³/mol. The van der Waals surface area contributed by atoms with Crippen LogP contribution in [0.5, 0.6) is 0 Å². The summed E-state index contributed by atoms with van der Waals surface area (Å²) in [6, 6.07) is 9.39. The van der Waals surface area contributed by atoms with Crippen molar-refractivity contribution in [2.75, 3.05) is 5.32 Å². The number of thiazole rings is 1. The first-order valence-electron chi connectivity index (χ1n) is 8.05. The summed E-state index contributed by atoms with van der Waals surface area (Å²) < 4.78 is 41.8. The second kappa shape index (κ2) is 7.62. The molecule has 1 amide bonds. The zero-order chi connectivity index (χ0) is 20.6. The van der Waals surface area contributed by atoms with Crippen LogP contribution in [0.3, 0.4) is 0 Å². The number of carbonyl (C=O) groups excluding carboxylic acids is 1. The lowest BCUT2D eigenvalue weighted by atomic mass is 10.2. The van der Waals surface area contributed by atoms with Gasteiger partial charge in [0.25, 0.3) is 5.91 Å². The fraction of sp³-hybridized carbons (Fsp3) is 0.0556. The fourth-order valence-corrected chi connectivity index (χ4v) is 4.19. The molecule has 5 nitrogen and oxygen atoms in total. The van der Waals surface area contributed by atoms with Gasteiger partial charge in [0.15, 0.2) is 10.8 Å². The van der Waals surface area contributed by atoms with Gasteiger partial charge in [-0.05, 0) is 35.7 Å². The smallest absolute Gasteiger partial charge is 0.298 e. The maximum absolute atomic E-state index is 13.7. The molecular formula is C18H10ClF3N4OS2. The molecule has 0 bridgehead atoms. The first-order chi connectivity index (χ1) is 13.8. The molecule has 0 aliphatic carbocycles. The minimum atomic E-state index is -4.80. The van der Waals surface area contributed by atoms with Crippen molar-refractivity contribution in [2.24, 2.45) is 0 Å². The van der Waals surface area contributed by atoms with Crippen molar-refractivity contribution >= 4 is 45.3 Å². The molecule has 3 heterocycles. The quantitative estimate of drug-likeness (QED) is 0.412. The predicted octanol–water partition coefficient (Wildman–Crippen LogP) is 5.98. The van der Waals surface area contributed by atoms with Crippen molar-refractivity contribution in [3.05, 3.63) is 69.6 Å². The Balaban J connectivity index is 1.66. The van der Waals surface area contributed by atoms with Crippen LogP contribution in [0.15, 0.2) is 53.4 Å². The average molecular weight is 455 g/mol. The van der Waals surface area contributed by atoms with Gasteiger partial charge < -0.3 is 0 Å². The Kier molecular flexibility index (Phi) is 5.15. The Morgan fingerprint density at radius 2 is 1.90 bits per heavy atom. The highest BCUT2D eigenvalue weighted by Crippen LogP contribution is 2.35. The third-order valence-corrected chi connectivity index (χ3v) is 5.75. The number of halogens is 4. The van der Waals surface area contributed by atoms with E-state index in [1.165, 1.54) is 35.6 Å². The summed E-state index contributed by atoms with van der Waals surface area (Å²) in [6.45, 7) is 0. The summed E-state index contributed by atoms with van der Waals surface area (Å²) in [5.74, 6) is -0.940. The second-order valence-corrected chi connectivity index (χ2v) is 8.00. The summed E-state index contributed by atoms with van der Waals surface area (Å²) in [7, 11) is 0.